The molecule has 1 fully saturated rings. The smallest absolute Gasteiger partial charge is 0.0564 e. The van der Waals surface area contributed by atoms with Crippen molar-refractivity contribution in [1.82, 2.24) is 14.8 Å². The molecule has 0 bridgehead atoms. The lowest BCUT2D eigenvalue weighted by molar-refractivity contribution is 0.116. The predicted octanol–water partition coefficient (Wildman–Crippen LogP) is 1.44. The molecule has 2 N–H and O–H groups in total. The first-order chi connectivity index (χ1) is 8.63. The van der Waals surface area contributed by atoms with Crippen LogP contribution in [0.25, 0.3) is 0 Å². The molecule has 4 nitrogen and oxygen atoms in total. The predicted molar refractivity (Wildman–Crippen MR) is 75.2 cm³/mol. The van der Waals surface area contributed by atoms with Crippen LogP contribution in [0, 0.1) is 5.92 Å². The number of pyridine rings is 1. The summed E-state index contributed by atoms with van der Waals surface area (Å²) in [6.45, 7) is 11.3. The Morgan fingerprint density at radius 2 is 1.89 bits per heavy atom. The first-order valence-corrected chi connectivity index (χ1v) is 6.78. The maximum atomic E-state index is 5.77. The molecule has 2 heterocycles. The van der Waals surface area contributed by atoms with Crippen LogP contribution >= 0.6 is 0 Å². The van der Waals surface area contributed by atoms with Gasteiger partial charge in [-0.1, -0.05) is 13.8 Å². The fraction of sp³-hybridized carbons (Fsp3) is 0.643. The van der Waals surface area contributed by atoms with Gasteiger partial charge in [-0.05, 0) is 18.1 Å². The number of rotatable bonds is 4. The minimum absolute atomic E-state index is 0.757. The zero-order valence-electron chi connectivity index (χ0n) is 11.5. The molecule has 2 rings (SSSR count). The van der Waals surface area contributed by atoms with Crippen LogP contribution in [-0.4, -0.2) is 47.5 Å². The summed E-state index contributed by atoms with van der Waals surface area (Å²) in [5.74, 6) is 0.757. The van der Waals surface area contributed by atoms with Crippen molar-refractivity contribution in [1.29, 1.82) is 0 Å². The highest BCUT2D eigenvalue weighted by molar-refractivity contribution is 5.37. The van der Waals surface area contributed by atoms with Gasteiger partial charge in [0.05, 0.1) is 5.69 Å². The van der Waals surface area contributed by atoms with Gasteiger partial charge in [-0.2, -0.15) is 0 Å². The number of hydrogen-bond acceptors (Lipinski definition) is 4. The highest BCUT2D eigenvalue weighted by Gasteiger charge is 2.17. The van der Waals surface area contributed by atoms with Gasteiger partial charge in [0.25, 0.3) is 0 Å². The molecule has 0 radical (unpaired) electrons. The topological polar surface area (TPSA) is 45.4 Å². The Morgan fingerprint density at radius 3 is 2.50 bits per heavy atom. The van der Waals surface area contributed by atoms with Gasteiger partial charge < -0.3 is 10.6 Å². The van der Waals surface area contributed by atoms with Gasteiger partial charge in [-0.3, -0.25) is 9.88 Å². The van der Waals surface area contributed by atoms with Gasteiger partial charge in [0.15, 0.2) is 0 Å². The zero-order chi connectivity index (χ0) is 13.0. The number of nitrogens with zero attached hydrogens (tertiary/aromatic N) is 3. The van der Waals surface area contributed by atoms with E-state index in [0.29, 0.717) is 0 Å². The van der Waals surface area contributed by atoms with Crippen LogP contribution in [0.1, 0.15) is 19.5 Å². The average Bonchev–Trinajstić information content (AvgIpc) is 2.31. The molecule has 18 heavy (non-hydrogen) atoms. The Morgan fingerprint density at radius 1 is 1.22 bits per heavy atom. The van der Waals surface area contributed by atoms with Crippen molar-refractivity contribution in [2.24, 2.45) is 5.92 Å². The van der Waals surface area contributed by atoms with Crippen LogP contribution in [0.2, 0.25) is 0 Å². The molecular formula is C14H24N4. The molecule has 1 aliphatic rings. The molecule has 1 aromatic rings. The largest absolute Gasteiger partial charge is 0.399 e. The zero-order valence-corrected chi connectivity index (χ0v) is 11.5. The lowest BCUT2D eigenvalue weighted by atomic mass is 10.2. The number of nitrogen functional groups attached to an aromatic ring is 1. The molecule has 0 unspecified atom stereocenters. The van der Waals surface area contributed by atoms with Crippen LogP contribution in [0.3, 0.4) is 0 Å². The van der Waals surface area contributed by atoms with E-state index in [0.717, 1.165) is 36.9 Å². The number of hydrogen-bond donors (Lipinski definition) is 1. The van der Waals surface area contributed by atoms with E-state index in [9.17, 15) is 0 Å². The molecule has 1 aromatic heterocycles. The summed E-state index contributed by atoms with van der Waals surface area (Å²) < 4.78 is 0. The fourth-order valence-electron chi connectivity index (χ4n) is 2.46. The van der Waals surface area contributed by atoms with E-state index in [2.05, 4.69) is 28.6 Å². The SMILES string of the molecule is CC(C)CN1CCN(Cc2cc(N)ccn2)CC1. The molecule has 0 saturated carbocycles. The lowest BCUT2D eigenvalue weighted by Crippen LogP contribution is -2.46. The Hall–Kier alpha value is -1.13. The highest BCUT2D eigenvalue weighted by atomic mass is 15.3. The lowest BCUT2D eigenvalue weighted by Gasteiger charge is -2.35. The molecule has 100 valence electrons. The van der Waals surface area contributed by atoms with Gasteiger partial charge in [0.1, 0.15) is 0 Å². The number of piperazine rings is 1. The van der Waals surface area contributed by atoms with E-state index < -0.39 is 0 Å². The number of nitrogens with two attached hydrogens (primary N) is 1. The molecule has 4 heteroatoms. The molecule has 0 aliphatic carbocycles. The quantitative estimate of drug-likeness (QED) is 0.876. The van der Waals surface area contributed by atoms with E-state index in [1.807, 2.05) is 12.1 Å². The normalized spacial score (nSPS) is 18.4. The van der Waals surface area contributed by atoms with Gasteiger partial charge in [-0.15, -0.1) is 0 Å². The monoisotopic (exact) mass is 248 g/mol. The third-order valence-electron chi connectivity index (χ3n) is 3.31. The maximum Gasteiger partial charge on any atom is 0.0564 e. The average molecular weight is 248 g/mol. The van der Waals surface area contributed by atoms with Crippen molar-refractivity contribution in [3.63, 3.8) is 0 Å². The summed E-state index contributed by atoms with van der Waals surface area (Å²) in [6, 6.07) is 3.81. The standard InChI is InChI=1S/C14H24N4/c1-12(2)10-17-5-7-18(8-6-17)11-14-9-13(15)3-4-16-14/h3-4,9,12H,5-8,10-11H2,1-2H3,(H2,15,16). The summed E-state index contributed by atoms with van der Waals surface area (Å²) in [5.41, 5.74) is 7.65. The van der Waals surface area contributed by atoms with Crippen LogP contribution < -0.4 is 5.73 Å². The molecule has 0 amide bonds. The van der Waals surface area contributed by atoms with E-state index in [1.54, 1.807) is 6.20 Å². The number of anilines is 1. The van der Waals surface area contributed by atoms with Crippen molar-refractivity contribution >= 4 is 5.69 Å². The Balaban J connectivity index is 1.80. The van der Waals surface area contributed by atoms with Gasteiger partial charge in [0.2, 0.25) is 0 Å². The van der Waals surface area contributed by atoms with Gasteiger partial charge in [-0.25, -0.2) is 0 Å². The summed E-state index contributed by atoms with van der Waals surface area (Å²) >= 11 is 0. The summed E-state index contributed by atoms with van der Waals surface area (Å²) in [7, 11) is 0. The minimum Gasteiger partial charge on any atom is -0.399 e. The van der Waals surface area contributed by atoms with Crippen LogP contribution in [0.15, 0.2) is 18.3 Å². The molecule has 1 saturated heterocycles. The molecule has 0 aromatic carbocycles. The van der Waals surface area contributed by atoms with Crippen LogP contribution in [0.5, 0.6) is 0 Å². The summed E-state index contributed by atoms with van der Waals surface area (Å²) in [4.78, 5) is 9.37. The number of aromatic nitrogens is 1. The Labute approximate surface area is 110 Å². The van der Waals surface area contributed by atoms with Gasteiger partial charge >= 0.3 is 0 Å². The Bertz CT molecular complexity index is 370. The van der Waals surface area contributed by atoms with E-state index in [4.69, 9.17) is 5.73 Å². The van der Waals surface area contributed by atoms with E-state index >= 15 is 0 Å². The van der Waals surface area contributed by atoms with Crippen molar-refractivity contribution in [2.45, 2.75) is 20.4 Å². The maximum absolute atomic E-state index is 5.77. The first-order valence-electron chi connectivity index (χ1n) is 6.78. The minimum atomic E-state index is 0.757. The second kappa shape index (κ2) is 6.16. The third kappa shape index (κ3) is 3.96. The molecular weight excluding hydrogens is 224 g/mol. The van der Waals surface area contributed by atoms with Crippen molar-refractivity contribution in [3.05, 3.63) is 24.0 Å². The Kier molecular flexibility index (Phi) is 4.55. The first kappa shape index (κ1) is 13.3. The van der Waals surface area contributed by atoms with Crippen LogP contribution in [-0.2, 0) is 6.54 Å². The van der Waals surface area contributed by atoms with Crippen molar-refractivity contribution < 1.29 is 0 Å². The summed E-state index contributed by atoms with van der Waals surface area (Å²) in [6.07, 6.45) is 1.79. The molecule has 0 spiro atoms. The fourth-order valence-corrected chi connectivity index (χ4v) is 2.46. The van der Waals surface area contributed by atoms with E-state index in [1.165, 1.54) is 19.6 Å². The highest BCUT2D eigenvalue weighted by Crippen LogP contribution is 2.10. The summed E-state index contributed by atoms with van der Waals surface area (Å²) in [5, 5.41) is 0. The van der Waals surface area contributed by atoms with Crippen molar-refractivity contribution in [2.75, 3.05) is 38.5 Å². The van der Waals surface area contributed by atoms with Crippen LogP contribution in [0.4, 0.5) is 5.69 Å². The second-order valence-electron chi connectivity index (χ2n) is 5.55. The molecule has 0 atom stereocenters. The third-order valence-corrected chi connectivity index (χ3v) is 3.31. The molecule has 1 aliphatic heterocycles. The van der Waals surface area contributed by atoms with Gasteiger partial charge in [0, 0.05) is 51.2 Å². The second-order valence-corrected chi connectivity index (χ2v) is 5.55. The van der Waals surface area contributed by atoms with Crippen molar-refractivity contribution in [3.8, 4) is 0 Å². The van der Waals surface area contributed by atoms with E-state index in [-0.39, 0.29) is 0 Å².